The number of allylic oxidation sites excluding steroid dienone is 1. The zero-order valence-electron chi connectivity index (χ0n) is 18.9. The lowest BCUT2D eigenvalue weighted by atomic mass is 10.0. The van der Waals surface area contributed by atoms with E-state index in [1.54, 1.807) is 24.3 Å². The average molecular weight is 527 g/mol. The highest BCUT2D eigenvalue weighted by molar-refractivity contribution is 9.10. The van der Waals surface area contributed by atoms with Gasteiger partial charge < -0.3 is 9.88 Å². The Balaban J connectivity index is 1.80. The SMILES string of the molecule is C=CCn1c(SCC(=O)c2ccc(Br)cc2)nnc1[C@H](NC(=O)c1cccc(C)c1)C(C)C. The van der Waals surface area contributed by atoms with Crippen LogP contribution in [0.3, 0.4) is 0 Å². The molecule has 0 saturated heterocycles. The number of aryl methyl sites for hydroxylation is 1. The van der Waals surface area contributed by atoms with Gasteiger partial charge >= 0.3 is 0 Å². The number of ketones is 1. The molecular weight excluding hydrogens is 500 g/mol. The summed E-state index contributed by atoms with van der Waals surface area (Å²) in [5.41, 5.74) is 2.27. The molecule has 0 bridgehead atoms. The molecule has 0 aliphatic rings. The number of hydrogen-bond donors (Lipinski definition) is 1. The van der Waals surface area contributed by atoms with Gasteiger partial charge in [-0.25, -0.2) is 0 Å². The fourth-order valence-corrected chi connectivity index (χ4v) is 4.44. The molecule has 0 radical (unpaired) electrons. The lowest BCUT2D eigenvalue weighted by molar-refractivity contribution is 0.0921. The largest absolute Gasteiger partial charge is 0.342 e. The van der Waals surface area contributed by atoms with E-state index < -0.39 is 0 Å². The van der Waals surface area contributed by atoms with Crippen molar-refractivity contribution in [2.75, 3.05) is 5.75 Å². The Bertz CT molecular complexity index is 1140. The third kappa shape index (κ3) is 6.42. The van der Waals surface area contributed by atoms with Crippen molar-refractivity contribution in [1.82, 2.24) is 20.1 Å². The summed E-state index contributed by atoms with van der Waals surface area (Å²) in [5.74, 6) is 0.803. The Hall–Kier alpha value is -2.71. The van der Waals surface area contributed by atoms with Crippen LogP contribution < -0.4 is 5.32 Å². The number of hydrogen-bond acceptors (Lipinski definition) is 5. The second-order valence-corrected chi connectivity index (χ2v) is 9.88. The van der Waals surface area contributed by atoms with E-state index in [4.69, 9.17) is 0 Å². The van der Waals surface area contributed by atoms with Crippen LogP contribution >= 0.6 is 27.7 Å². The van der Waals surface area contributed by atoms with Crippen molar-refractivity contribution in [1.29, 1.82) is 0 Å². The van der Waals surface area contributed by atoms with E-state index in [0.29, 0.717) is 28.7 Å². The van der Waals surface area contributed by atoms with Crippen molar-refractivity contribution >= 4 is 39.4 Å². The van der Waals surface area contributed by atoms with E-state index in [0.717, 1.165) is 10.0 Å². The van der Waals surface area contributed by atoms with Crippen molar-refractivity contribution < 1.29 is 9.59 Å². The number of halogens is 1. The maximum Gasteiger partial charge on any atom is 0.251 e. The highest BCUT2D eigenvalue weighted by atomic mass is 79.9. The van der Waals surface area contributed by atoms with Gasteiger partial charge in [-0.2, -0.15) is 0 Å². The monoisotopic (exact) mass is 526 g/mol. The molecule has 8 heteroatoms. The van der Waals surface area contributed by atoms with E-state index in [1.807, 2.05) is 55.7 Å². The lowest BCUT2D eigenvalue weighted by Crippen LogP contribution is -2.34. The Kier molecular flexibility index (Phi) is 8.63. The first-order valence-corrected chi connectivity index (χ1v) is 12.4. The number of Topliss-reactive ketones (excluding diaryl/α,β-unsaturated/α-hetero) is 1. The predicted octanol–water partition coefficient (Wildman–Crippen LogP) is 5.64. The Morgan fingerprint density at radius 1 is 1.15 bits per heavy atom. The molecule has 6 nitrogen and oxygen atoms in total. The summed E-state index contributed by atoms with van der Waals surface area (Å²) >= 11 is 4.71. The van der Waals surface area contributed by atoms with Crippen LogP contribution in [-0.4, -0.2) is 32.2 Å². The smallest absolute Gasteiger partial charge is 0.251 e. The maximum absolute atomic E-state index is 12.9. The van der Waals surface area contributed by atoms with Crippen molar-refractivity contribution in [3.63, 3.8) is 0 Å². The molecule has 33 heavy (non-hydrogen) atoms. The summed E-state index contributed by atoms with van der Waals surface area (Å²) in [5, 5.41) is 12.4. The highest BCUT2D eigenvalue weighted by Gasteiger charge is 2.26. The molecule has 1 heterocycles. The third-order valence-corrected chi connectivity index (χ3v) is 6.56. The van der Waals surface area contributed by atoms with Crippen LogP contribution in [0.2, 0.25) is 0 Å². The number of nitrogens with zero attached hydrogens (tertiary/aromatic N) is 3. The molecule has 172 valence electrons. The van der Waals surface area contributed by atoms with E-state index in [-0.39, 0.29) is 29.4 Å². The molecule has 0 unspecified atom stereocenters. The minimum absolute atomic E-state index is 0.00960. The van der Waals surface area contributed by atoms with Crippen molar-refractivity contribution in [2.45, 2.75) is 38.5 Å². The normalized spacial score (nSPS) is 11.9. The van der Waals surface area contributed by atoms with Crippen LogP contribution in [-0.2, 0) is 6.54 Å². The minimum Gasteiger partial charge on any atom is -0.342 e. The fourth-order valence-electron chi connectivity index (χ4n) is 3.33. The molecule has 3 rings (SSSR count). The van der Waals surface area contributed by atoms with Crippen molar-refractivity contribution in [2.24, 2.45) is 5.92 Å². The van der Waals surface area contributed by atoms with E-state index in [2.05, 4.69) is 38.0 Å². The summed E-state index contributed by atoms with van der Waals surface area (Å²) in [4.78, 5) is 25.5. The predicted molar refractivity (Wildman–Crippen MR) is 136 cm³/mol. The van der Waals surface area contributed by atoms with Crippen LogP contribution in [0.5, 0.6) is 0 Å². The molecule has 1 atom stereocenters. The van der Waals surface area contributed by atoms with Gasteiger partial charge in [0.05, 0.1) is 11.8 Å². The summed E-state index contributed by atoms with van der Waals surface area (Å²) < 4.78 is 2.84. The number of rotatable bonds is 10. The molecule has 1 aromatic heterocycles. The fraction of sp³-hybridized carbons (Fsp3) is 0.280. The van der Waals surface area contributed by atoms with Gasteiger partial charge in [-0.05, 0) is 37.1 Å². The molecule has 2 aromatic carbocycles. The number of aromatic nitrogens is 3. The molecule has 0 aliphatic heterocycles. The molecule has 1 amide bonds. The van der Waals surface area contributed by atoms with Gasteiger partial charge in [0.1, 0.15) is 0 Å². The van der Waals surface area contributed by atoms with E-state index in [9.17, 15) is 9.59 Å². The maximum atomic E-state index is 12.9. The van der Waals surface area contributed by atoms with E-state index >= 15 is 0 Å². The molecule has 0 fully saturated rings. The minimum atomic E-state index is -0.345. The number of benzene rings is 2. The average Bonchev–Trinajstić information content (AvgIpc) is 3.18. The molecular formula is C25H27BrN4O2S. The molecule has 0 spiro atoms. The van der Waals surface area contributed by atoms with Gasteiger partial charge in [0.15, 0.2) is 16.8 Å². The number of carbonyl (C=O) groups is 2. The van der Waals surface area contributed by atoms with Crippen LogP contribution in [0.15, 0.2) is 70.8 Å². The standard InChI is InChI=1S/C25H27BrN4O2S/c1-5-13-30-23(22(16(2)3)27-24(32)19-8-6-7-17(4)14-19)28-29-25(30)33-15-21(31)18-9-11-20(26)12-10-18/h5-12,14,16,22H,1,13,15H2,2-4H3,(H,27,32)/t22-/m1/s1. The van der Waals surface area contributed by atoms with Crippen LogP contribution in [0.25, 0.3) is 0 Å². The number of nitrogens with one attached hydrogen (secondary N) is 1. The second-order valence-electron chi connectivity index (χ2n) is 8.02. The summed E-state index contributed by atoms with van der Waals surface area (Å²) in [7, 11) is 0. The number of amides is 1. The summed E-state index contributed by atoms with van der Waals surface area (Å²) in [6.07, 6.45) is 1.76. The number of carbonyl (C=O) groups excluding carboxylic acids is 2. The van der Waals surface area contributed by atoms with Gasteiger partial charge in [0.2, 0.25) is 0 Å². The first-order chi connectivity index (χ1) is 15.8. The molecule has 3 aromatic rings. The van der Waals surface area contributed by atoms with Gasteiger partial charge in [0.25, 0.3) is 5.91 Å². The Morgan fingerprint density at radius 3 is 2.52 bits per heavy atom. The van der Waals surface area contributed by atoms with Crippen molar-refractivity contribution in [3.05, 3.63) is 88.2 Å². The van der Waals surface area contributed by atoms with Crippen LogP contribution in [0.4, 0.5) is 0 Å². The first-order valence-electron chi connectivity index (χ1n) is 10.6. The van der Waals surface area contributed by atoms with E-state index in [1.165, 1.54) is 11.8 Å². The van der Waals surface area contributed by atoms with Crippen LogP contribution in [0, 0.1) is 12.8 Å². The van der Waals surface area contributed by atoms with Gasteiger partial charge in [-0.15, -0.1) is 16.8 Å². The first kappa shape index (κ1) is 24.9. The zero-order chi connectivity index (χ0) is 24.0. The Morgan fingerprint density at radius 2 is 1.88 bits per heavy atom. The topological polar surface area (TPSA) is 76.9 Å². The quantitative estimate of drug-likeness (QED) is 0.210. The molecule has 1 N–H and O–H groups in total. The molecule has 0 aliphatic carbocycles. The van der Waals surface area contributed by atoms with Gasteiger partial charge in [-0.3, -0.25) is 9.59 Å². The zero-order valence-corrected chi connectivity index (χ0v) is 21.3. The Labute approximate surface area is 207 Å². The summed E-state index contributed by atoms with van der Waals surface area (Å²) in [6, 6.07) is 14.4. The molecule has 0 saturated carbocycles. The second kappa shape index (κ2) is 11.4. The summed E-state index contributed by atoms with van der Waals surface area (Å²) in [6.45, 7) is 10.3. The van der Waals surface area contributed by atoms with Gasteiger partial charge in [0, 0.05) is 22.1 Å². The van der Waals surface area contributed by atoms with Gasteiger partial charge in [-0.1, -0.05) is 77.4 Å². The lowest BCUT2D eigenvalue weighted by Gasteiger charge is -2.22. The number of thioether (sulfide) groups is 1. The van der Waals surface area contributed by atoms with Crippen molar-refractivity contribution in [3.8, 4) is 0 Å². The highest BCUT2D eigenvalue weighted by Crippen LogP contribution is 2.26. The third-order valence-electron chi connectivity index (χ3n) is 5.07. The van der Waals surface area contributed by atoms with Crippen LogP contribution in [0.1, 0.15) is 52.0 Å².